The van der Waals surface area contributed by atoms with Gasteiger partial charge in [-0.1, -0.05) is 30.3 Å². The van der Waals surface area contributed by atoms with Crippen LogP contribution in [0, 0.1) is 0 Å². The second-order valence-electron chi connectivity index (χ2n) is 5.36. The van der Waals surface area contributed by atoms with Crippen molar-refractivity contribution in [2.45, 2.75) is 0 Å². The minimum Gasteiger partial charge on any atom is -0.465 e. The van der Waals surface area contributed by atoms with E-state index in [0.29, 0.717) is 22.9 Å². The first-order valence-electron chi connectivity index (χ1n) is 7.34. The minimum atomic E-state index is -0.473. The van der Waals surface area contributed by atoms with E-state index in [0.717, 1.165) is 5.56 Å². The molecule has 2 heterocycles. The lowest BCUT2D eigenvalue weighted by atomic mass is 10.2. The van der Waals surface area contributed by atoms with Gasteiger partial charge in [-0.15, -0.1) is 5.10 Å². The van der Waals surface area contributed by atoms with Crippen molar-refractivity contribution >= 4 is 17.8 Å². The third kappa shape index (κ3) is 3.10. The molecule has 122 valence electrons. The zero-order chi connectivity index (χ0) is 17.1. The summed E-state index contributed by atoms with van der Waals surface area (Å²) in [5.74, 6) is 0.493. The van der Waals surface area contributed by atoms with E-state index in [-0.39, 0.29) is 0 Å². The van der Waals surface area contributed by atoms with E-state index >= 15 is 0 Å². The van der Waals surface area contributed by atoms with Crippen LogP contribution in [0.5, 0.6) is 0 Å². The fourth-order valence-corrected chi connectivity index (χ4v) is 2.16. The molecule has 3 rings (SSSR count). The SMILES string of the molecule is COC(=O)c1cn2nc(-c3ccccc3)nc2nc1C=CN(C)C. The van der Waals surface area contributed by atoms with Crippen LogP contribution >= 0.6 is 0 Å². The fraction of sp³-hybridized carbons (Fsp3) is 0.176. The van der Waals surface area contributed by atoms with Crippen molar-refractivity contribution in [2.24, 2.45) is 0 Å². The molecule has 0 fully saturated rings. The van der Waals surface area contributed by atoms with E-state index in [1.165, 1.54) is 11.6 Å². The normalized spacial score (nSPS) is 11.1. The molecular weight excluding hydrogens is 306 g/mol. The van der Waals surface area contributed by atoms with Crippen molar-refractivity contribution < 1.29 is 9.53 Å². The van der Waals surface area contributed by atoms with Crippen LogP contribution in [0.1, 0.15) is 16.1 Å². The Morgan fingerprint density at radius 3 is 2.62 bits per heavy atom. The highest BCUT2D eigenvalue weighted by atomic mass is 16.5. The number of rotatable bonds is 4. The molecule has 0 N–H and O–H groups in total. The van der Waals surface area contributed by atoms with Crippen LogP contribution in [0.3, 0.4) is 0 Å². The van der Waals surface area contributed by atoms with Crippen molar-refractivity contribution in [3.8, 4) is 11.4 Å². The van der Waals surface area contributed by atoms with Crippen LogP contribution < -0.4 is 0 Å². The summed E-state index contributed by atoms with van der Waals surface area (Å²) in [6.45, 7) is 0. The highest BCUT2D eigenvalue weighted by Gasteiger charge is 2.16. The first-order chi connectivity index (χ1) is 11.6. The number of carbonyl (C=O) groups excluding carboxylic acids is 1. The summed E-state index contributed by atoms with van der Waals surface area (Å²) < 4.78 is 6.32. The number of fused-ring (bicyclic) bond motifs is 1. The molecule has 0 aliphatic rings. The summed E-state index contributed by atoms with van der Waals surface area (Å²) in [6.07, 6.45) is 5.13. The third-order valence-corrected chi connectivity index (χ3v) is 3.33. The van der Waals surface area contributed by atoms with E-state index < -0.39 is 5.97 Å². The molecule has 0 spiro atoms. The summed E-state index contributed by atoms with van der Waals surface area (Å²) in [4.78, 5) is 22.8. The number of hydrogen-bond donors (Lipinski definition) is 0. The molecular formula is C17H17N5O2. The van der Waals surface area contributed by atoms with Gasteiger partial charge in [-0.3, -0.25) is 0 Å². The Morgan fingerprint density at radius 1 is 1.21 bits per heavy atom. The summed E-state index contributed by atoms with van der Waals surface area (Å²) in [7, 11) is 5.11. The summed E-state index contributed by atoms with van der Waals surface area (Å²) in [6, 6.07) is 9.60. The molecule has 0 aliphatic carbocycles. The molecule has 0 saturated carbocycles. The van der Waals surface area contributed by atoms with Crippen LogP contribution in [0.2, 0.25) is 0 Å². The molecule has 0 amide bonds. The maximum absolute atomic E-state index is 12.0. The van der Waals surface area contributed by atoms with Crippen molar-refractivity contribution in [2.75, 3.05) is 21.2 Å². The Hall–Kier alpha value is -3.22. The Bertz CT molecular complexity index is 900. The molecule has 1 aromatic carbocycles. The lowest BCUT2D eigenvalue weighted by Crippen LogP contribution is -2.09. The number of hydrogen-bond acceptors (Lipinski definition) is 6. The first kappa shape index (κ1) is 15.7. The van der Waals surface area contributed by atoms with E-state index in [1.54, 1.807) is 18.5 Å². The second kappa shape index (κ2) is 6.49. The predicted octanol–water partition coefficient (Wildman–Crippen LogP) is 2.11. The zero-order valence-electron chi connectivity index (χ0n) is 13.7. The average molecular weight is 323 g/mol. The molecule has 0 radical (unpaired) electrons. The van der Waals surface area contributed by atoms with E-state index in [9.17, 15) is 4.79 Å². The van der Waals surface area contributed by atoms with E-state index in [2.05, 4.69) is 15.1 Å². The van der Waals surface area contributed by atoms with Gasteiger partial charge in [0.25, 0.3) is 5.78 Å². The molecule has 0 saturated heterocycles. The predicted molar refractivity (Wildman–Crippen MR) is 90.3 cm³/mol. The largest absolute Gasteiger partial charge is 0.465 e. The molecule has 7 nitrogen and oxygen atoms in total. The average Bonchev–Trinajstić information content (AvgIpc) is 3.02. The second-order valence-corrected chi connectivity index (χ2v) is 5.36. The van der Waals surface area contributed by atoms with Gasteiger partial charge in [0, 0.05) is 32.1 Å². The van der Waals surface area contributed by atoms with Gasteiger partial charge in [-0.05, 0) is 6.08 Å². The molecule has 0 bridgehead atoms. The van der Waals surface area contributed by atoms with Crippen molar-refractivity contribution in [3.05, 3.63) is 54.0 Å². The van der Waals surface area contributed by atoms with Crippen LogP contribution in [-0.4, -0.2) is 51.7 Å². The van der Waals surface area contributed by atoms with Gasteiger partial charge < -0.3 is 9.64 Å². The number of methoxy groups -OCH3 is 1. The number of ether oxygens (including phenoxy) is 1. The van der Waals surface area contributed by atoms with E-state index in [1.807, 2.05) is 49.3 Å². The van der Waals surface area contributed by atoms with Gasteiger partial charge in [-0.25, -0.2) is 14.3 Å². The Morgan fingerprint density at radius 2 is 1.96 bits per heavy atom. The van der Waals surface area contributed by atoms with Crippen LogP contribution in [0.15, 0.2) is 42.7 Å². The minimum absolute atomic E-state index is 0.326. The van der Waals surface area contributed by atoms with Gasteiger partial charge in [0.1, 0.15) is 5.56 Å². The lowest BCUT2D eigenvalue weighted by molar-refractivity contribution is 0.0599. The van der Waals surface area contributed by atoms with Crippen molar-refractivity contribution in [1.82, 2.24) is 24.5 Å². The summed E-state index contributed by atoms with van der Waals surface area (Å²) >= 11 is 0. The topological polar surface area (TPSA) is 72.6 Å². The highest BCUT2D eigenvalue weighted by molar-refractivity contribution is 5.92. The van der Waals surface area contributed by atoms with Crippen LogP contribution in [-0.2, 0) is 4.74 Å². The van der Waals surface area contributed by atoms with Gasteiger partial charge in [0.05, 0.1) is 12.8 Å². The Balaban J connectivity index is 2.14. The van der Waals surface area contributed by atoms with Crippen molar-refractivity contribution in [3.63, 3.8) is 0 Å². The zero-order valence-corrected chi connectivity index (χ0v) is 13.7. The number of nitrogens with zero attached hydrogens (tertiary/aromatic N) is 5. The standard InChI is InChI=1S/C17H17N5O2/c1-21(2)10-9-14-13(16(23)24-3)11-22-17(18-14)19-15(20-22)12-7-5-4-6-8-12/h4-11H,1-3H3. The Labute approximate surface area is 139 Å². The molecule has 24 heavy (non-hydrogen) atoms. The maximum atomic E-state index is 12.0. The monoisotopic (exact) mass is 323 g/mol. The molecule has 0 atom stereocenters. The highest BCUT2D eigenvalue weighted by Crippen LogP contribution is 2.17. The molecule has 2 aromatic heterocycles. The number of esters is 1. The van der Waals surface area contributed by atoms with Crippen molar-refractivity contribution in [1.29, 1.82) is 0 Å². The summed E-state index contributed by atoms with van der Waals surface area (Å²) in [5.41, 5.74) is 1.69. The maximum Gasteiger partial charge on any atom is 0.341 e. The van der Waals surface area contributed by atoms with Gasteiger partial charge >= 0.3 is 5.97 Å². The quantitative estimate of drug-likeness (QED) is 0.685. The van der Waals surface area contributed by atoms with Gasteiger partial charge in [0.2, 0.25) is 0 Å². The molecule has 0 unspecified atom stereocenters. The number of aromatic nitrogens is 4. The van der Waals surface area contributed by atoms with Gasteiger partial charge in [0.15, 0.2) is 5.82 Å². The lowest BCUT2D eigenvalue weighted by Gasteiger charge is -2.06. The first-order valence-corrected chi connectivity index (χ1v) is 7.34. The molecule has 0 aliphatic heterocycles. The number of benzene rings is 1. The summed E-state index contributed by atoms with van der Waals surface area (Å²) in [5, 5.41) is 4.40. The van der Waals surface area contributed by atoms with Gasteiger partial charge in [-0.2, -0.15) is 4.98 Å². The van der Waals surface area contributed by atoms with Crippen LogP contribution in [0.4, 0.5) is 0 Å². The smallest absolute Gasteiger partial charge is 0.341 e. The Kier molecular flexibility index (Phi) is 4.24. The molecule has 3 aromatic rings. The van der Waals surface area contributed by atoms with E-state index in [4.69, 9.17) is 4.74 Å². The number of carbonyl (C=O) groups is 1. The van der Waals surface area contributed by atoms with Crippen LogP contribution in [0.25, 0.3) is 23.2 Å². The molecule has 7 heteroatoms. The fourth-order valence-electron chi connectivity index (χ4n) is 2.16. The third-order valence-electron chi connectivity index (χ3n) is 3.33.